The van der Waals surface area contributed by atoms with E-state index in [0.29, 0.717) is 0 Å². The summed E-state index contributed by atoms with van der Waals surface area (Å²) >= 11 is 0. The zero-order valence-electron chi connectivity index (χ0n) is 14.3. The molecule has 0 unspecified atom stereocenters. The van der Waals surface area contributed by atoms with Gasteiger partial charge in [-0.3, -0.25) is 15.2 Å². The number of aliphatic hydroxyl groups is 2. The van der Waals surface area contributed by atoms with Crippen molar-refractivity contribution < 1.29 is 49.3 Å². The van der Waals surface area contributed by atoms with Crippen LogP contribution in [0, 0.1) is 0 Å². The van der Waals surface area contributed by atoms with E-state index in [0.717, 1.165) is 0 Å². The first-order chi connectivity index (χ1) is 12.7. The lowest BCUT2D eigenvalue weighted by atomic mass is 10.1. The molecule has 0 saturated heterocycles. The van der Waals surface area contributed by atoms with Crippen LogP contribution in [0.3, 0.4) is 0 Å². The number of nitrogens with zero attached hydrogens (tertiary/aromatic N) is 1. The summed E-state index contributed by atoms with van der Waals surface area (Å²) in [7, 11) is 0. The normalized spacial score (nSPS) is 11.2. The molecule has 0 aliphatic heterocycles. The van der Waals surface area contributed by atoms with E-state index < -0.39 is 55.2 Å². The number of carbonyl (C=O) groups is 3. The van der Waals surface area contributed by atoms with Crippen molar-refractivity contribution >= 4 is 17.8 Å². The maximum atomic E-state index is 12.1. The van der Waals surface area contributed by atoms with Crippen LogP contribution in [0.4, 0.5) is 0 Å². The lowest BCUT2D eigenvalue weighted by Gasteiger charge is -2.25. The molecule has 0 saturated carbocycles. The van der Waals surface area contributed by atoms with Crippen LogP contribution in [-0.4, -0.2) is 75.8 Å². The zero-order chi connectivity index (χ0) is 20.4. The summed E-state index contributed by atoms with van der Waals surface area (Å²) in [6, 6.07) is 5.48. The Kier molecular flexibility index (Phi) is 8.74. The highest BCUT2D eigenvalue weighted by Crippen LogP contribution is 2.19. The number of hydrogen-bond acceptors (Lipinski definition) is 11. The molecule has 0 fully saturated rings. The Morgan fingerprint density at radius 2 is 1.74 bits per heavy atom. The molecule has 5 N–H and O–H groups in total. The molecule has 12 heteroatoms. The number of amides is 1. The molecule has 0 heterocycles. The highest BCUT2D eigenvalue weighted by atomic mass is 17.1. The lowest BCUT2D eigenvalue weighted by molar-refractivity contribution is -0.489. The maximum Gasteiger partial charge on any atom is 0.342 e. The first-order valence-corrected chi connectivity index (χ1v) is 7.51. The smallest absolute Gasteiger partial charge is 0.342 e. The number of aliphatic hydroxyl groups excluding tert-OH is 2. The average molecular weight is 388 g/mol. The minimum Gasteiger partial charge on any atom is -0.452 e. The first-order valence-electron chi connectivity index (χ1n) is 7.51. The van der Waals surface area contributed by atoms with Gasteiger partial charge in [0.2, 0.25) is 0 Å². The van der Waals surface area contributed by atoms with Crippen molar-refractivity contribution in [3.05, 3.63) is 29.8 Å². The van der Waals surface area contributed by atoms with Gasteiger partial charge >= 0.3 is 11.9 Å². The molecule has 12 nitrogen and oxygen atoms in total. The van der Waals surface area contributed by atoms with Crippen LogP contribution < -0.4 is 10.1 Å². The fourth-order valence-corrected chi connectivity index (χ4v) is 1.70. The van der Waals surface area contributed by atoms with Crippen LogP contribution in [0.2, 0.25) is 0 Å². The third-order valence-corrected chi connectivity index (χ3v) is 3.10. The van der Waals surface area contributed by atoms with E-state index in [9.17, 15) is 14.4 Å². The highest BCUT2D eigenvalue weighted by molar-refractivity contribution is 5.94. The van der Waals surface area contributed by atoms with Crippen molar-refractivity contribution in [3.63, 3.8) is 0 Å². The standard InChI is InChI=1S/C15H20N2O10/c1-15(8-18,9-19)16-12(20)6-25-14(22)10-4-2-3-5-11(10)27-13(21)7-26-17(23)24/h2-5,18-19,23-24H,6-9H2,1H3,(H,16,20). The third kappa shape index (κ3) is 7.65. The molecule has 0 bridgehead atoms. The van der Waals surface area contributed by atoms with Gasteiger partial charge in [0.25, 0.3) is 5.91 Å². The molecule has 0 radical (unpaired) electrons. The minimum atomic E-state index is -1.27. The highest BCUT2D eigenvalue weighted by Gasteiger charge is 2.25. The van der Waals surface area contributed by atoms with Gasteiger partial charge < -0.3 is 25.0 Å². The van der Waals surface area contributed by atoms with Crippen LogP contribution >= 0.6 is 0 Å². The molecule has 0 aliphatic rings. The van der Waals surface area contributed by atoms with E-state index >= 15 is 0 Å². The summed E-state index contributed by atoms with van der Waals surface area (Å²) in [4.78, 5) is 39.5. The molecule has 27 heavy (non-hydrogen) atoms. The molecule has 0 aliphatic carbocycles. The number of ether oxygens (including phenoxy) is 2. The Morgan fingerprint density at radius 3 is 2.33 bits per heavy atom. The van der Waals surface area contributed by atoms with Gasteiger partial charge in [-0.05, 0) is 19.1 Å². The number of para-hydroxylation sites is 1. The summed E-state index contributed by atoms with van der Waals surface area (Å²) in [5.74, 6) is -2.98. The van der Waals surface area contributed by atoms with E-state index in [-0.39, 0.29) is 11.3 Å². The lowest BCUT2D eigenvalue weighted by Crippen LogP contribution is -2.52. The Labute approximate surface area is 153 Å². The van der Waals surface area contributed by atoms with Crippen LogP contribution in [0.25, 0.3) is 0 Å². The van der Waals surface area contributed by atoms with Gasteiger partial charge in [-0.2, -0.15) is 0 Å². The molecule has 1 aromatic carbocycles. The summed E-state index contributed by atoms with van der Waals surface area (Å²) in [5.41, 5.74) is -1.44. The van der Waals surface area contributed by atoms with Crippen molar-refractivity contribution in [1.82, 2.24) is 10.7 Å². The largest absolute Gasteiger partial charge is 0.452 e. The molecular formula is C15H20N2O10. The summed E-state index contributed by atoms with van der Waals surface area (Å²) in [6.45, 7) is -1.21. The Bertz CT molecular complexity index is 660. The Hall–Kier alpha value is -2.61. The van der Waals surface area contributed by atoms with Crippen molar-refractivity contribution in [3.8, 4) is 5.75 Å². The third-order valence-electron chi connectivity index (χ3n) is 3.10. The van der Waals surface area contributed by atoms with Crippen molar-refractivity contribution in [2.45, 2.75) is 12.5 Å². The van der Waals surface area contributed by atoms with E-state index in [1.807, 2.05) is 0 Å². The Morgan fingerprint density at radius 1 is 1.11 bits per heavy atom. The molecule has 1 aromatic rings. The molecule has 150 valence electrons. The Balaban J connectivity index is 2.68. The van der Waals surface area contributed by atoms with Gasteiger partial charge in [0, 0.05) is 0 Å². The van der Waals surface area contributed by atoms with Crippen molar-refractivity contribution in [2.75, 3.05) is 26.4 Å². The topological polar surface area (TPSA) is 175 Å². The van der Waals surface area contributed by atoms with Crippen LogP contribution in [0.1, 0.15) is 17.3 Å². The van der Waals surface area contributed by atoms with E-state index in [1.54, 1.807) is 0 Å². The second kappa shape index (κ2) is 10.5. The van der Waals surface area contributed by atoms with Crippen molar-refractivity contribution in [1.29, 1.82) is 0 Å². The number of hydrogen-bond donors (Lipinski definition) is 5. The zero-order valence-corrected chi connectivity index (χ0v) is 14.3. The second-order valence-corrected chi connectivity index (χ2v) is 5.50. The van der Waals surface area contributed by atoms with Gasteiger partial charge in [-0.1, -0.05) is 12.1 Å². The first kappa shape index (κ1) is 22.4. The summed E-state index contributed by atoms with van der Waals surface area (Å²) in [5, 5.41) is 36.6. The van der Waals surface area contributed by atoms with Gasteiger partial charge in [-0.25, -0.2) is 14.4 Å². The van der Waals surface area contributed by atoms with Gasteiger partial charge in [-0.15, -0.1) is 0 Å². The number of esters is 2. The summed E-state index contributed by atoms with van der Waals surface area (Å²) < 4.78 is 9.68. The fourth-order valence-electron chi connectivity index (χ4n) is 1.70. The molecular weight excluding hydrogens is 368 g/mol. The second-order valence-electron chi connectivity index (χ2n) is 5.50. The number of rotatable bonds is 10. The van der Waals surface area contributed by atoms with Crippen LogP contribution in [-0.2, 0) is 19.2 Å². The quantitative estimate of drug-likeness (QED) is 0.181. The summed E-state index contributed by atoms with van der Waals surface area (Å²) in [6.07, 6.45) is 0. The molecule has 0 aromatic heterocycles. The van der Waals surface area contributed by atoms with Crippen LogP contribution in [0.15, 0.2) is 24.3 Å². The predicted octanol–water partition coefficient (Wildman–Crippen LogP) is -1.38. The SMILES string of the molecule is CC(CO)(CO)NC(=O)COC(=O)c1ccccc1OC(=O)CON(O)O. The van der Waals surface area contributed by atoms with E-state index in [4.69, 9.17) is 30.1 Å². The van der Waals surface area contributed by atoms with E-state index in [1.165, 1.54) is 31.2 Å². The molecule has 0 spiro atoms. The van der Waals surface area contributed by atoms with Crippen molar-refractivity contribution in [2.24, 2.45) is 0 Å². The molecule has 1 amide bonds. The fraction of sp³-hybridized carbons (Fsp3) is 0.400. The monoisotopic (exact) mass is 388 g/mol. The predicted molar refractivity (Wildman–Crippen MR) is 84.4 cm³/mol. The number of carbonyl (C=O) groups excluding carboxylic acids is 3. The van der Waals surface area contributed by atoms with Gasteiger partial charge in [0.1, 0.15) is 11.3 Å². The minimum absolute atomic E-state index is 0.171. The van der Waals surface area contributed by atoms with E-state index in [2.05, 4.69) is 10.2 Å². The van der Waals surface area contributed by atoms with Crippen LogP contribution in [0.5, 0.6) is 5.75 Å². The molecule has 1 rings (SSSR count). The average Bonchev–Trinajstić information content (AvgIpc) is 2.64. The van der Waals surface area contributed by atoms with Gasteiger partial charge in [0.05, 0.1) is 24.1 Å². The molecule has 0 atom stereocenters. The number of nitrogens with one attached hydrogen (secondary N) is 1. The van der Waals surface area contributed by atoms with Gasteiger partial charge in [0.15, 0.2) is 13.2 Å². The number of benzene rings is 1. The maximum absolute atomic E-state index is 12.1.